The third-order valence-corrected chi connectivity index (χ3v) is 2.87. The molecule has 0 fully saturated rings. The molecule has 0 spiro atoms. The van der Waals surface area contributed by atoms with Crippen LogP contribution in [-0.2, 0) is 11.3 Å². The summed E-state index contributed by atoms with van der Waals surface area (Å²) >= 11 is 3.39. The van der Waals surface area contributed by atoms with Crippen molar-refractivity contribution in [2.75, 3.05) is 17.7 Å². The lowest BCUT2D eigenvalue weighted by Crippen LogP contribution is -2.05. The van der Waals surface area contributed by atoms with Gasteiger partial charge in [-0.05, 0) is 31.2 Å². The van der Waals surface area contributed by atoms with Crippen molar-refractivity contribution in [3.8, 4) is 0 Å². The number of nitrogen functional groups attached to an aromatic ring is 1. The normalized spacial score (nSPS) is 10.4. The summed E-state index contributed by atoms with van der Waals surface area (Å²) in [5, 5.41) is 3.18. The Morgan fingerprint density at radius 1 is 1.26 bits per heavy atom. The molecule has 0 bridgehead atoms. The molecule has 0 aliphatic carbocycles. The second-order valence-corrected chi connectivity index (χ2v) is 4.78. The van der Waals surface area contributed by atoms with Crippen LogP contribution in [0.4, 0.5) is 17.3 Å². The number of nitrogens with zero attached hydrogens (tertiary/aromatic N) is 2. The predicted octanol–water partition coefficient (Wildman–Crippen LogP) is 3.10. The molecule has 0 aliphatic heterocycles. The summed E-state index contributed by atoms with van der Waals surface area (Å²) in [6.45, 7) is 2.90. The van der Waals surface area contributed by atoms with Crippen LogP contribution < -0.4 is 11.1 Å². The number of hydrogen-bond acceptors (Lipinski definition) is 5. The zero-order valence-electron chi connectivity index (χ0n) is 10.6. The Balaban J connectivity index is 2.15. The molecule has 0 unspecified atom stereocenters. The van der Waals surface area contributed by atoms with Crippen LogP contribution in [0.1, 0.15) is 12.7 Å². The Kier molecular flexibility index (Phi) is 4.70. The van der Waals surface area contributed by atoms with Crippen molar-refractivity contribution < 1.29 is 4.74 Å². The lowest BCUT2D eigenvalue weighted by molar-refractivity contribution is 0.128. The molecule has 1 heterocycles. The number of anilines is 3. The van der Waals surface area contributed by atoms with Gasteiger partial charge in [0.15, 0.2) is 5.82 Å². The van der Waals surface area contributed by atoms with Crippen molar-refractivity contribution in [1.29, 1.82) is 0 Å². The first-order valence-corrected chi connectivity index (χ1v) is 6.70. The number of nitrogens with two attached hydrogens (primary N) is 1. The topological polar surface area (TPSA) is 73.1 Å². The number of aromatic nitrogens is 2. The first-order valence-electron chi connectivity index (χ1n) is 5.91. The summed E-state index contributed by atoms with van der Waals surface area (Å²) in [6.07, 6.45) is 0. The highest BCUT2D eigenvalue weighted by Crippen LogP contribution is 2.19. The molecule has 0 amide bonds. The Labute approximate surface area is 120 Å². The minimum atomic E-state index is 0.358. The molecule has 19 heavy (non-hydrogen) atoms. The minimum Gasteiger partial charge on any atom is -0.384 e. The van der Waals surface area contributed by atoms with Crippen LogP contribution in [0.15, 0.2) is 34.8 Å². The van der Waals surface area contributed by atoms with E-state index in [-0.39, 0.29) is 0 Å². The highest BCUT2D eigenvalue weighted by Gasteiger charge is 2.03. The third-order valence-electron chi connectivity index (χ3n) is 2.34. The van der Waals surface area contributed by atoms with Gasteiger partial charge in [-0.25, -0.2) is 9.97 Å². The van der Waals surface area contributed by atoms with Crippen molar-refractivity contribution in [3.63, 3.8) is 0 Å². The van der Waals surface area contributed by atoms with Gasteiger partial charge in [0.1, 0.15) is 18.2 Å². The molecule has 1 aromatic carbocycles. The smallest absolute Gasteiger partial charge is 0.158 e. The standard InChI is InChI=1S/C13H15BrN4O/c1-2-19-8-13-17-11(15)7-12(18-13)16-10-5-3-9(14)4-6-10/h3-7H,2,8H2,1H3,(H3,15,16,17,18). The van der Waals surface area contributed by atoms with Gasteiger partial charge in [-0.15, -0.1) is 0 Å². The average Bonchev–Trinajstić information content (AvgIpc) is 2.38. The summed E-state index contributed by atoms with van der Waals surface area (Å²) in [7, 11) is 0. The van der Waals surface area contributed by atoms with E-state index in [1.165, 1.54) is 0 Å². The molecule has 1 aromatic heterocycles. The molecule has 0 aliphatic rings. The minimum absolute atomic E-state index is 0.358. The largest absolute Gasteiger partial charge is 0.384 e. The molecule has 100 valence electrons. The SMILES string of the molecule is CCOCc1nc(N)cc(Nc2ccc(Br)cc2)n1. The number of nitrogens with one attached hydrogen (secondary N) is 1. The molecule has 2 rings (SSSR count). The van der Waals surface area contributed by atoms with Gasteiger partial charge in [0, 0.05) is 22.8 Å². The van der Waals surface area contributed by atoms with E-state index in [0.717, 1.165) is 10.2 Å². The quantitative estimate of drug-likeness (QED) is 0.884. The van der Waals surface area contributed by atoms with E-state index in [4.69, 9.17) is 10.5 Å². The molecule has 5 nitrogen and oxygen atoms in total. The Hall–Kier alpha value is -1.66. The number of benzene rings is 1. The average molecular weight is 323 g/mol. The van der Waals surface area contributed by atoms with Crippen molar-refractivity contribution in [2.45, 2.75) is 13.5 Å². The summed E-state index contributed by atoms with van der Waals surface area (Å²) in [5.74, 6) is 1.65. The van der Waals surface area contributed by atoms with Gasteiger partial charge in [0.2, 0.25) is 0 Å². The maximum Gasteiger partial charge on any atom is 0.158 e. The van der Waals surface area contributed by atoms with Crippen LogP contribution in [0.2, 0.25) is 0 Å². The number of ether oxygens (including phenoxy) is 1. The molecule has 2 aromatic rings. The van der Waals surface area contributed by atoms with Gasteiger partial charge >= 0.3 is 0 Å². The molecule has 0 saturated heterocycles. The van der Waals surface area contributed by atoms with E-state index in [0.29, 0.717) is 30.7 Å². The fourth-order valence-electron chi connectivity index (χ4n) is 1.52. The van der Waals surface area contributed by atoms with Crippen LogP contribution in [0.3, 0.4) is 0 Å². The highest BCUT2D eigenvalue weighted by atomic mass is 79.9. The number of hydrogen-bond donors (Lipinski definition) is 2. The van der Waals surface area contributed by atoms with E-state index in [1.807, 2.05) is 31.2 Å². The van der Waals surface area contributed by atoms with Crippen LogP contribution >= 0.6 is 15.9 Å². The molecule has 0 radical (unpaired) electrons. The van der Waals surface area contributed by atoms with E-state index < -0.39 is 0 Å². The molecule has 0 atom stereocenters. The van der Waals surface area contributed by atoms with Crippen LogP contribution in [-0.4, -0.2) is 16.6 Å². The van der Waals surface area contributed by atoms with E-state index in [9.17, 15) is 0 Å². The number of halogens is 1. The second kappa shape index (κ2) is 6.49. The van der Waals surface area contributed by atoms with Crippen LogP contribution in [0.25, 0.3) is 0 Å². The van der Waals surface area contributed by atoms with Gasteiger partial charge < -0.3 is 15.8 Å². The third kappa shape index (κ3) is 4.18. The van der Waals surface area contributed by atoms with E-state index >= 15 is 0 Å². The van der Waals surface area contributed by atoms with Crippen molar-refractivity contribution >= 4 is 33.3 Å². The molecule has 0 saturated carbocycles. The monoisotopic (exact) mass is 322 g/mol. The van der Waals surface area contributed by atoms with Crippen LogP contribution in [0.5, 0.6) is 0 Å². The lowest BCUT2D eigenvalue weighted by Gasteiger charge is -2.08. The fraction of sp³-hybridized carbons (Fsp3) is 0.231. The Bertz CT molecular complexity index is 545. The van der Waals surface area contributed by atoms with E-state index in [2.05, 4.69) is 31.2 Å². The Morgan fingerprint density at radius 3 is 2.68 bits per heavy atom. The summed E-state index contributed by atoms with van der Waals surface area (Å²) in [6, 6.07) is 9.49. The van der Waals surface area contributed by atoms with Crippen molar-refractivity contribution in [3.05, 3.63) is 40.6 Å². The number of rotatable bonds is 5. The fourth-order valence-corrected chi connectivity index (χ4v) is 1.79. The summed E-state index contributed by atoms with van der Waals surface area (Å²) in [5.41, 5.74) is 6.69. The summed E-state index contributed by atoms with van der Waals surface area (Å²) < 4.78 is 6.31. The van der Waals surface area contributed by atoms with Crippen LogP contribution in [0, 0.1) is 0 Å². The van der Waals surface area contributed by atoms with Crippen molar-refractivity contribution in [2.24, 2.45) is 0 Å². The van der Waals surface area contributed by atoms with Gasteiger partial charge in [0.25, 0.3) is 0 Å². The first-order chi connectivity index (χ1) is 9.17. The molecule has 6 heteroatoms. The molecular formula is C13H15BrN4O. The van der Waals surface area contributed by atoms with E-state index in [1.54, 1.807) is 6.07 Å². The molecular weight excluding hydrogens is 308 g/mol. The summed E-state index contributed by atoms with van der Waals surface area (Å²) in [4.78, 5) is 8.47. The van der Waals surface area contributed by atoms with Gasteiger partial charge in [-0.3, -0.25) is 0 Å². The Morgan fingerprint density at radius 2 is 2.00 bits per heavy atom. The highest BCUT2D eigenvalue weighted by molar-refractivity contribution is 9.10. The zero-order chi connectivity index (χ0) is 13.7. The van der Waals surface area contributed by atoms with Gasteiger partial charge in [-0.1, -0.05) is 15.9 Å². The predicted molar refractivity (Wildman–Crippen MR) is 79.2 cm³/mol. The first kappa shape index (κ1) is 13.8. The maximum absolute atomic E-state index is 5.75. The molecule has 3 N–H and O–H groups in total. The second-order valence-electron chi connectivity index (χ2n) is 3.86. The van der Waals surface area contributed by atoms with Gasteiger partial charge in [-0.2, -0.15) is 0 Å². The lowest BCUT2D eigenvalue weighted by atomic mass is 10.3. The maximum atomic E-state index is 5.75. The van der Waals surface area contributed by atoms with Gasteiger partial charge in [0.05, 0.1) is 0 Å². The zero-order valence-corrected chi connectivity index (χ0v) is 12.1. The van der Waals surface area contributed by atoms with Crippen molar-refractivity contribution in [1.82, 2.24) is 9.97 Å².